The number of β-lactam (4-membered cyclic amide) rings is 1. The van der Waals surface area contributed by atoms with Crippen molar-refractivity contribution in [2.75, 3.05) is 18.6 Å². The maximum Gasteiger partial charge on any atom is 0.336 e. The van der Waals surface area contributed by atoms with Gasteiger partial charge in [0.05, 0.1) is 30.9 Å². The van der Waals surface area contributed by atoms with Gasteiger partial charge in [-0.1, -0.05) is 12.1 Å². The molecule has 8 heteroatoms. The van der Waals surface area contributed by atoms with E-state index in [1.165, 1.54) is 36.3 Å². The zero-order valence-corrected chi connectivity index (χ0v) is 14.5. The van der Waals surface area contributed by atoms with Crippen LogP contribution in [0.4, 0.5) is 5.69 Å². The Kier molecular flexibility index (Phi) is 5.09. The number of carboxylic acid groups (broad SMARTS) is 1. The molecule has 3 N–H and O–H groups in total. The number of hydrogen-bond acceptors (Lipinski definition) is 5. The fraction of sp³-hybridized carbons (Fsp3) is 0.211. The van der Waals surface area contributed by atoms with Crippen LogP contribution in [-0.4, -0.2) is 53.8 Å². The standard InChI is InChI=1S/C19H18N2O6/c1-27-12-8-6-11(7-9-12)21-15(10-22)16(18(21)24)20-17(23)13-4-2-3-5-14(13)19(25)26/h2-9,15-16,22H,10H2,1H3,(H,20,23)(H,25,26)/t15-,16+/m1/s1. The number of amides is 2. The van der Waals surface area contributed by atoms with Gasteiger partial charge in [0.15, 0.2) is 0 Å². The molecule has 0 aliphatic carbocycles. The van der Waals surface area contributed by atoms with Gasteiger partial charge in [-0.2, -0.15) is 0 Å². The monoisotopic (exact) mass is 370 g/mol. The molecule has 2 aromatic rings. The van der Waals surface area contributed by atoms with Gasteiger partial charge < -0.3 is 25.2 Å². The van der Waals surface area contributed by atoms with Crippen molar-refractivity contribution in [3.8, 4) is 5.75 Å². The number of nitrogens with one attached hydrogen (secondary N) is 1. The Balaban J connectivity index is 1.77. The van der Waals surface area contributed by atoms with E-state index < -0.39 is 24.0 Å². The second kappa shape index (κ2) is 7.46. The lowest BCUT2D eigenvalue weighted by atomic mass is 9.93. The van der Waals surface area contributed by atoms with Crippen molar-refractivity contribution >= 4 is 23.5 Å². The van der Waals surface area contributed by atoms with Crippen molar-refractivity contribution in [3.05, 3.63) is 59.7 Å². The van der Waals surface area contributed by atoms with E-state index in [0.29, 0.717) is 11.4 Å². The van der Waals surface area contributed by atoms with Crippen LogP contribution in [0.3, 0.4) is 0 Å². The summed E-state index contributed by atoms with van der Waals surface area (Å²) in [6, 6.07) is 10.9. The number of aliphatic hydroxyl groups excluding tert-OH is 1. The predicted molar refractivity (Wildman–Crippen MR) is 96.0 cm³/mol. The Morgan fingerprint density at radius 1 is 1.11 bits per heavy atom. The number of benzene rings is 2. The molecule has 0 aromatic heterocycles. The van der Waals surface area contributed by atoms with E-state index in [0.717, 1.165) is 0 Å². The maximum absolute atomic E-state index is 12.5. The van der Waals surface area contributed by atoms with Gasteiger partial charge in [0.25, 0.3) is 11.8 Å². The highest BCUT2D eigenvalue weighted by Gasteiger charge is 2.48. The lowest BCUT2D eigenvalue weighted by molar-refractivity contribution is -0.127. The highest BCUT2D eigenvalue weighted by atomic mass is 16.5. The third kappa shape index (κ3) is 3.34. The van der Waals surface area contributed by atoms with Gasteiger partial charge in [0.2, 0.25) is 0 Å². The second-order valence-electron chi connectivity index (χ2n) is 5.96. The number of methoxy groups -OCH3 is 1. The molecule has 0 unspecified atom stereocenters. The number of carbonyl (C=O) groups is 3. The van der Waals surface area contributed by atoms with Crippen LogP contribution in [0.1, 0.15) is 20.7 Å². The highest BCUT2D eigenvalue weighted by molar-refractivity contribution is 6.10. The summed E-state index contributed by atoms with van der Waals surface area (Å²) in [5, 5.41) is 21.4. The van der Waals surface area contributed by atoms with E-state index in [1.54, 1.807) is 24.3 Å². The molecule has 1 saturated heterocycles. The van der Waals surface area contributed by atoms with Crippen LogP contribution in [-0.2, 0) is 4.79 Å². The number of hydrogen-bond donors (Lipinski definition) is 3. The number of anilines is 1. The van der Waals surface area contributed by atoms with Gasteiger partial charge in [0.1, 0.15) is 11.8 Å². The molecule has 1 aliphatic heterocycles. The molecular formula is C19H18N2O6. The first-order chi connectivity index (χ1) is 13.0. The molecule has 0 saturated carbocycles. The number of aliphatic hydroxyl groups is 1. The van der Waals surface area contributed by atoms with Crippen molar-refractivity contribution in [1.82, 2.24) is 5.32 Å². The molecule has 8 nitrogen and oxygen atoms in total. The van der Waals surface area contributed by atoms with Crippen LogP contribution in [0.5, 0.6) is 5.75 Å². The average molecular weight is 370 g/mol. The fourth-order valence-corrected chi connectivity index (χ4v) is 3.04. The van der Waals surface area contributed by atoms with Gasteiger partial charge in [0, 0.05) is 5.69 Å². The smallest absolute Gasteiger partial charge is 0.336 e. The minimum Gasteiger partial charge on any atom is -0.497 e. The Morgan fingerprint density at radius 2 is 1.74 bits per heavy atom. The third-order valence-electron chi connectivity index (χ3n) is 4.45. The van der Waals surface area contributed by atoms with Crippen LogP contribution in [0.25, 0.3) is 0 Å². The molecule has 0 radical (unpaired) electrons. The first kappa shape index (κ1) is 18.4. The third-order valence-corrected chi connectivity index (χ3v) is 4.45. The number of nitrogens with zero attached hydrogens (tertiary/aromatic N) is 1. The van der Waals surface area contributed by atoms with Gasteiger partial charge in [-0.25, -0.2) is 4.79 Å². The van der Waals surface area contributed by atoms with E-state index in [4.69, 9.17) is 4.74 Å². The van der Waals surface area contributed by atoms with E-state index in [9.17, 15) is 24.6 Å². The summed E-state index contributed by atoms with van der Waals surface area (Å²) in [5.74, 6) is -1.68. The lowest BCUT2D eigenvalue weighted by Gasteiger charge is -2.46. The first-order valence-electron chi connectivity index (χ1n) is 8.19. The number of aromatic carboxylic acids is 1. The van der Waals surface area contributed by atoms with Crippen LogP contribution >= 0.6 is 0 Å². The van der Waals surface area contributed by atoms with E-state index in [-0.39, 0.29) is 23.6 Å². The SMILES string of the molecule is COc1ccc(N2C(=O)[C@@H](NC(=O)c3ccccc3C(=O)O)[C@H]2CO)cc1. The summed E-state index contributed by atoms with van der Waals surface area (Å²) in [4.78, 5) is 37.6. The van der Waals surface area contributed by atoms with Gasteiger partial charge >= 0.3 is 5.97 Å². The van der Waals surface area contributed by atoms with Crippen molar-refractivity contribution in [2.24, 2.45) is 0 Å². The van der Waals surface area contributed by atoms with Crippen molar-refractivity contribution in [1.29, 1.82) is 0 Å². The average Bonchev–Trinajstić information content (AvgIpc) is 2.69. The molecule has 2 amide bonds. The molecule has 2 aromatic carbocycles. The summed E-state index contributed by atoms with van der Waals surface area (Å²) in [5.41, 5.74) is 0.364. The minimum atomic E-state index is -1.24. The molecule has 3 rings (SSSR count). The number of ether oxygens (including phenoxy) is 1. The number of carboxylic acids is 1. The molecule has 0 spiro atoms. The Morgan fingerprint density at radius 3 is 2.30 bits per heavy atom. The van der Waals surface area contributed by atoms with Crippen molar-refractivity contribution in [3.63, 3.8) is 0 Å². The zero-order chi connectivity index (χ0) is 19.6. The normalized spacial score (nSPS) is 18.6. The predicted octanol–water partition coefficient (Wildman–Crippen LogP) is 0.899. The lowest BCUT2D eigenvalue weighted by Crippen LogP contribution is -2.72. The topological polar surface area (TPSA) is 116 Å². The van der Waals surface area contributed by atoms with Gasteiger partial charge in [-0.3, -0.25) is 9.59 Å². The van der Waals surface area contributed by atoms with Crippen LogP contribution in [0.2, 0.25) is 0 Å². The molecule has 0 bridgehead atoms. The summed E-state index contributed by atoms with van der Waals surface area (Å²) in [6.07, 6.45) is 0. The first-order valence-corrected chi connectivity index (χ1v) is 8.19. The molecule has 27 heavy (non-hydrogen) atoms. The Labute approximate surface area is 155 Å². The van der Waals surface area contributed by atoms with Crippen LogP contribution < -0.4 is 15.0 Å². The Bertz CT molecular complexity index is 880. The van der Waals surface area contributed by atoms with Crippen LogP contribution in [0, 0.1) is 0 Å². The minimum absolute atomic E-state index is 0.0441. The van der Waals surface area contributed by atoms with Crippen molar-refractivity contribution in [2.45, 2.75) is 12.1 Å². The van der Waals surface area contributed by atoms with E-state index >= 15 is 0 Å². The second-order valence-corrected chi connectivity index (χ2v) is 5.96. The van der Waals surface area contributed by atoms with E-state index in [2.05, 4.69) is 5.32 Å². The molecule has 140 valence electrons. The number of carbonyl (C=O) groups excluding carboxylic acids is 2. The summed E-state index contributed by atoms with van der Waals surface area (Å²) >= 11 is 0. The Hall–Kier alpha value is -3.39. The molecule has 2 atom stereocenters. The molecule has 1 heterocycles. The van der Waals surface area contributed by atoms with Crippen molar-refractivity contribution < 1.29 is 29.3 Å². The molecule has 1 aliphatic rings. The quantitative estimate of drug-likeness (QED) is 0.651. The van der Waals surface area contributed by atoms with E-state index in [1.807, 2.05) is 0 Å². The fourth-order valence-electron chi connectivity index (χ4n) is 3.04. The maximum atomic E-state index is 12.5. The summed E-state index contributed by atoms with van der Waals surface area (Å²) < 4.78 is 5.08. The van der Waals surface area contributed by atoms with Gasteiger partial charge in [-0.05, 0) is 36.4 Å². The summed E-state index contributed by atoms with van der Waals surface area (Å²) in [6.45, 7) is -0.358. The molecular weight excluding hydrogens is 352 g/mol. The summed E-state index contributed by atoms with van der Waals surface area (Å²) in [7, 11) is 1.53. The highest BCUT2D eigenvalue weighted by Crippen LogP contribution is 2.30. The molecule has 1 fully saturated rings. The largest absolute Gasteiger partial charge is 0.497 e. The van der Waals surface area contributed by atoms with Gasteiger partial charge in [-0.15, -0.1) is 0 Å². The number of rotatable bonds is 6. The van der Waals surface area contributed by atoms with Crippen LogP contribution in [0.15, 0.2) is 48.5 Å². The zero-order valence-electron chi connectivity index (χ0n) is 14.5.